The molecule has 0 saturated heterocycles. The molecule has 0 spiro atoms. The van der Waals surface area contributed by atoms with E-state index in [0.717, 1.165) is 28.3 Å². The van der Waals surface area contributed by atoms with Crippen molar-refractivity contribution in [2.45, 2.75) is 20.3 Å². The van der Waals surface area contributed by atoms with Gasteiger partial charge in [-0.05, 0) is 49.2 Å². The van der Waals surface area contributed by atoms with Gasteiger partial charge in [0.2, 0.25) is 0 Å². The van der Waals surface area contributed by atoms with E-state index >= 15 is 0 Å². The highest BCUT2D eigenvalue weighted by molar-refractivity contribution is 7.15. The van der Waals surface area contributed by atoms with E-state index in [-0.39, 0.29) is 0 Å². The van der Waals surface area contributed by atoms with E-state index in [2.05, 4.69) is 31.0 Å². The SMILES string of the molecule is COc1c(C)cc(-c2cnc(CCN)s2)cc1C. The molecular weight excluding hydrogens is 244 g/mol. The standard InChI is InChI=1S/C14H18N2OS/c1-9-6-11(7-10(2)14(9)17-3)12-8-16-13(18-12)4-5-15/h6-8H,4-5,15H2,1-3H3. The highest BCUT2D eigenvalue weighted by Crippen LogP contribution is 2.32. The Balaban J connectivity index is 2.38. The van der Waals surface area contributed by atoms with E-state index in [1.807, 2.05) is 6.20 Å². The number of hydrogen-bond donors (Lipinski definition) is 1. The van der Waals surface area contributed by atoms with Crippen LogP contribution in [0.15, 0.2) is 18.3 Å². The van der Waals surface area contributed by atoms with Crippen molar-refractivity contribution < 1.29 is 4.74 Å². The second-order valence-corrected chi connectivity index (χ2v) is 5.42. The Morgan fingerprint density at radius 2 is 1.94 bits per heavy atom. The first-order valence-electron chi connectivity index (χ1n) is 5.96. The lowest BCUT2D eigenvalue weighted by molar-refractivity contribution is 0.408. The third-order valence-electron chi connectivity index (χ3n) is 2.86. The van der Waals surface area contributed by atoms with Crippen molar-refractivity contribution in [2.75, 3.05) is 13.7 Å². The minimum absolute atomic E-state index is 0.646. The number of nitrogens with two attached hydrogens (primary N) is 1. The Morgan fingerprint density at radius 1 is 1.28 bits per heavy atom. The molecule has 4 heteroatoms. The number of rotatable bonds is 4. The zero-order valence-electron chi connectivity index (χ0n) is 11.0. The third-order valence-corrected chi connectivity index (χ3v) is 3.97. The molecule has 0 aliphatic carbocycles. The summed E-state index contributed by atoms with van der Waals surface area (Å²) in [7, 11) is 1.71. The molecule has 1 heterocycles. The fourth-order valence-corrected chi connectivity index (χ4v) is 3.02. The van der Waals surface area contributed by atoms with Crippen LogP contribution in [0.5, 0.6) is 5.75 Å². The van der Waals surface area contributed by atoms with Gasteiger partial charge in [0.1, 0.15) is 5.75 Å². The second-order valence-electron chi connectivity index (χ2n) is 4.30. The lowest BCUT2D eigenvalue weighted by Crippen LogP contribution is -2.01. The van der Waals surface area contributed by atoms with Crippen molar-refractivity contribution in [3.8, 4) is 16.2 Å². The normalized spacial score (nSPS) is 10.7. The molecule has 0 unspecified atom stereocenters. The van der Waals surface area contributed by atoms with Gasteiger partial charge in [0, 0.05) is 12.6 Å². The number of methoxy groups -OCH3 is 1. The molecule has 1 aromatic carbocycles. The number of aromatic nitrogens is 1. The first-order chi connectivity index (χ1) is 8.65. The van der Waals surface area contributed by atoms with Gasteiger partial charge in [-0.1, -0.05) is 0 Å². The molecule has 2 aromatic rings. The third kappa shape index (κ3) is 2.54. The number of thiazole rings is 1. The van der Waals surface area contributed by atoms with Crippen LogP contribution >= 0.6 is 11.3 Å². The lowest BCUT2D eigenvalue weighted by atomic mass is 10.1. The maximum Gasteiger partial charge on any atom is 0.124 e. The van der Waals surface area contributed by atoms with Gasteiger partial charge in [-0.3, -0.25) is 0 Å². The van der Waals surface area contributed by atoms with Gasteiger partial charge in [0.25, 0.3) is 0 Å². The van der Waals surface area contributed by atoms with Crippen LogP contribution in [0.2, 0.25) is 0 Å². The van der Waals surface area contributed by atoms with Gasteiger partial charge in [-0.25, -0.2) is 4.98 Å². The van der Waals surface area contributed by atoms with Crippen molar-refractivity contribution in [3.05, 3.63) is 34.5 Å². The van der Waals surface area contributed by atoms with Crippen molar-refractivity contribution in [3.63, 3.8) is 0 Å². The molecule has 0 fully saturated rings. The maximum atomic E-state index is 5.54. The minimum atomic E-state index is 0.646. The molecule has 0 radical (unpaired) electrons. The summed E-state index contributed by atoms with van der Waals surface area (Å²) in [5.41, 5.74) is 9.05. The molecule has 2 rings (SSSR count). The molecule has 0 bridgehead atoms. The average Bonchev–Trinajstić information content (AvgIpc) is 2.78. The van der Waals surface area contributed by atoms with E-state index in [1.165, 1.54) is 10.4 Å². The lowest BCUT2D eigenvalue weighted by Gasteiger charge is -2.10. The summed E-state index contributed by atoms with van der Waals surface area (Å²) in [6.45, 7) is 4.78. The topological polar surface area (TPSA) is 48.1 Å². The highest BCUT2D eigenvalue weighted by Gasteiger charge is 2.09. The molecule has 0 aliphatic rings. The zero-order valence-corrected chi connectivity index (χ0v) is 11.8. The molecule has 0 aliphatic heterocycles. The highest BCUT2D eigenvalue weighted by atomic mass is 32.1. The van der Waals surface area contributed by atoms with Crippen LogP contribution in [0.3, 0.4) is 0 Å². The maximum absolute atomic E-state index is 5.54. The van der Waals surface area contributed by atoms with E-state index in [9.17, 15) is 0 Å². The van der Waals surface area contributed by atoms with Gasteiger partial charge in [-0.15, -0.1) is 11.3 Å². The van der Waals surface area contributed by atoms with Crippen molar-refractivity contribution in [1.82, 2.24) is 4.98 Å². The van der Waals surface area contributed by atoms with Crippen LogP contribution in [0, 0.1) is 13.8 Å². The number of aryl methyl sites for hydroxylation is 2. The van der Waals surface area contributed by atoms with E-state index in [4.69, 9.17) is 10.5 Å². The molecule has 96 valence electrons. The molecule has 0 saturated carbocycles. The van der Waals surface area contributed by atoms with Gasteiger partial charge in [0.15, 0.2) is 0 Å². The van der Waals surface area contributed by atoms with Crippen molar-refractivity contribution in [2.24, 2.45) is 5.73 Å². The fraction of sp³-hybridized carbons (Fsp3) is 0.357. The summed E-state index contributed by atoms with van der Waals surface area (Å²) < 4.78 is 5.38. The summed E-state index contributed by atoms with van der Waals surface area (Å²) in [6, 6.07) is 4.29. The molecule has 18 heavy (non-hydrogen) atoms. The molecule has 0 atom stereocenters. The summed E-state index contributed by atoms with van der Waals surface area (Å²) >= 11 is 1.71. The molecule has 1 aromatic heterocycles. The van der Waals surface area contributed by atoms with Gasteiger partial charge in [0.05, 0.1) is 17.0 Å². The fourth-order valence-electron chi connectivity index (χ4n) is 2.10. The first kappa shape index (κ1) is 13.1. The predicted octanol–water partition coefficient (Wildman–Crippen LogP) is 2.94. The van der Waals surface area contributed by atoms with E-state index in [1.54, 1.807) is 18.4 Å². The van der Waals surface area contributed by atoms with Gasteiger partial charge >= 0.3 is 0 Å². The quantitative estimate of drug-likeness (QED) is 0.921. The largest absolute Gasteiger partial charge is 0.496 e. The van der Waals surface area contributed by atoms with Crippen LogP contribution < -0.4 is 10.5 Å². The Kier molecular flexibility index (Phi) is 3.99. The Hall–Kier alpha value is -1.39. The summed E-state index contributed by atoms with van der Waals surface area (Å²) in [4.78, 5) is 5.58. The Bertz CT molecular complexity index is 525. The van der Waals surface area contributed by atoms with Crippen LogP contribution in [0.1, 0.15) is 16.1 Å². The number of nitrogens with zero attached hydrogens (tertiary/aromatic N) is 1. The van der Waals surface area contributed by atoms with E-state index < -0.39 is 0 Å². The molecular formula is C14H18N2OS. The number of ether oxygens (including phenoxy) is 1. The summed E-state index contributed by atoms with van der Waals surface area (Å²) in [5.74, 6) is 0.963. The molecule has 2 N–H and O–H groups in total. The van der Waals surface area contributed by atoms with Gasteiger partial charge < -0.3 is 10.5 Å². The second kappa shape index (κ2) is 5.50. The van der Waals surface area contributed by atoms with Crippen molar-refractivity contribution >= 4 is 11.3 Å². The summed E-state index contributed by atoms with van der Waals surface area (Å²) in [5, 5.41) is 1.10. The van der Waals surface area contributed by atoms with Crippen molar-refractivity contribution in [1.29, 1.82) is 0 Å². The molecule has 3 nitrogen and oxygen atoms in total. The Labute approximate surface area is 112 Å². The zero-order chi connectivity index (χ0) is 13.1. The first-order valence-corrected chi connectivity index (χ1v) is 6.77. The summed E-state index contributed by atoms with van der Waals surface area (Å²) in [6.07, 6.45) is 2.77. The van der Waals surface area contributed by atoms with E-state index in [0.29, 0.717) is 6.54 Å². The van der Waals surface area contributed by atoms with Crippen LogP contribution in [-0.2, 0) is 6.42 Å². The van der Waals surface area contributed by atoms with Crippen LogP contribution in [-0.4, -0.2) is 18.6 Å². The number of benzene rings is 1. The monoisotopic (exact) mass is 262 g/mol. The van der Waals surface area contributed by atoms with Crippen LogP contribution in [0.25, 0.3) is 10.4 Å². The van der Waals surface area contributed by atoms with Crippen LogP contribution in [0.4, 0.5) is 0 Å². The van der Waals surface area contributed by atoms with Gasteiger partial charge in [-0.2, -0.15) is 0 Å². The predicted molar refractivity (Wildman–Crippen MR) is 76.3 cm³/mol. The smallest absolute Gasteiger partial charge is 0.124 e. The average molecular weight is 262 g/mol. The minimum Gasteiger partial charge on any atom is -0.496 e. The Morgan fingerprint density at radius 3 is 2.50 bits per heavy atom. The molecule has 0 amide bonds. The number of hydrogen-bond acceptors (Lipinski definition) is 4.